The summed E-state index contributed by atoms with van der Waals surface area (Å²) in [6.07, 6.45) is 2.94. The molecule has 0 spiro atoms. The van der Waals surface area contributed by atoms with Crippen molar-refractivity contribution in [2.45, 2.75) is 57.9 Å². The summed E-state index contributed by atoms with van der Waals surface area (Å²) in [5.41, 5.74) is -0.264. The Labute approximate surface area is 115 Å². The van der Waals surface area contributed by atoms with E-state index >= 15 is 0 Å². The van der Waals surface area contributed by atoms with Crippen molar-refractivity contribution in [3.63, 3.8) is 0 Å². The Bertz CT molecular complexity index is 426. The molecule has 1 N–H and O–H groups in total. The van der Waals surface area contributed by atoms with Crippen LogP contribution in [0.1, 0.15) is 34.1 Å². The Morgan fingerprint density at radius 2 is 2.21 bits per heavy atom. The molecule has 1 aromatic rings. The number of rotatable bonds is 5. The number of methoxy groups -OCH3 is 1. The molecule has 1 fully saturated rings. The van der Waals surface area contributed by atoms with Gasteiger partial charge in [0.15, 0.2) is 0 Å². The van der Waals surface area contributed by atoms with E-state index in [1.165, 1.54) is 0 Å². The van der Waals surface area contributed by atoms with Crippen LogP contribution in [0.3, 0.4) is 0 Å². The largest absolute Gasteiger partial charge is 0.383 e. The van der Waals surface area contributed by atoms with Crippen molar-refractivity contribution in [2.24, 2.45) is 0 Å². The second-order valence-corrected chi connectivity index (χ2v) is 6.32. The molecule has 2 heterocycles. The van der Waals surface area contributed by atoms with E-state index in [9.17, 15) is 0 Å². The minimum atomic E-state index is -0.181. The quantitative estimate of drug-likeness (QED) is 0.889. The number of nitrogens with zero attached hydrogens (tertiary/aromatic N) is 2. The molecule has 0 saturated carbocycles. The zero-order chi connectivity index (χ0) is 14.1. The smallest absolute Gasteiger partial charge is 0.148 e. The highest BCUT2D eigenvalue weighted by atomic mass is 16.5. The van der Waals surface area contributed by atoms with Crippen molar-refractivity contribution in [2.75, 3.05) is 19.0 Å². The van der Waals surface area contributed by atoms with Gasteiger partial charge in [0.05, 0.1) is 30.4 Å². The maximum atomic E-state index is 6.08. The number of ether oxygens (including phenoxy) is 2. The van der Waals surface area contributed by atoms with Crippen LogP contribution >= 0.6 is 0 Å². The third-order valence-corrected chi connectivity index (χ3v) is 3.56. The van der Waals surface area contributed by atoms with Gasteiger partial charge in [0.2, 0.25) is 0 Å². The van der Waals surface area contributed by atoms with Gasteiger partial charge in [-0.3, -0.25) is 4.68 Å². The summed E-state index contributed by atoms with van der Waals surface area (Å²) in [7, 11) is 1.70. The molecule has 19 heavy (non-hydrogen) atoms. The van der Waals surface area contributed by atoms with Crippen molar-refractivity contribution >= 4 is 5.82 Å². The second-order valence-electron chi connectivity index (χ2n) is 6.32. The van der Waals surface area contributed by atoms with Gasteiger partial charge in [-0.05, 0) is 34.1 Å². The second kappa shape index (κ2) is 5.13. The fraction of sp³-hybridized carbons (Fsp3) is 0.786. The number of hydrogen-bond acceptors (Lipinski definition) is 4. The Morgan fingerprint density at radius 3 is 2.79 bits per heavy atom. The number of nitrogens with one attached hydrogen (secondary N) is 1. The van der Waals surface area contributed by atoms with Crippen LogP contribution < -0.4 is 5.32 Å². The number of hydrogen-bond donors (Lipinski definition) is 1. The lowest BCUT2D eigenvalue weighted by Gasteiger charge is -2.27. The molecule has 0 bridgehead atoms. The summed E-state index contributed by atoms with van der Waals surface area (Å²) >= 11 is 0. The zero-order valence-electron chi connectivity index (χ0n) is 12.6. The predicted molar refractivity (Wildman–Crippen MR) is 75.4 cm³/mol. The molecule has 0 aromatic carbocycles. The van der Waals surface area contributed by atoms with Crippen LogP contribution in [-0.2, 0) is 16.0 Å². The molecule has 1 saturated heterocycles. The first-order chi connectivity index (χ1) is 8.82. The molecular weight excluding hydrogens is 242 g/mol. The lowest BCUT2D eigenvalue weighted by molar-refractivity contribution is -0.0662. The molecule has 0 amide bonds. The van der Waals surface area contributed by atoms with Crippen molar-refractivity contribution in [3.8, 4) is 0 Å². The molecule has 1 aliphatic rings. The molecule has 1 atom stereocenters. The normalized spacial score (nSPS) is 24.6. The lowest BCUT2D eigenvalue weighted by atomic mass is 9.94. The van der Waals surface area contributed by atoms with E-state index in [0.717, 1.165) is 18.8 Å². The van der Waals surface area contributed by atoms with Gasteiger partial charge in [0, 0.05) is 19.4 Å². The molecule has 5 nitrogen and oxygen atoms in total. The average Bonchev–Trinajstić information content (AvgIpc) is 2.78. The maximum absolute atomic E-state index is 6.08. The van der Waals surface area contributed by atoms with Crippen molar-refractivity contribution in [1.82, 2.24) is 9.78 Å². The summed E-state index contributed by atoms with van der Waals surface area (Å²) in [6.45, 7) is 9.96. The Morgan fingerprint density at radius 1 is 1.47 bits per heavy atom. The first-order valence-electron chi connectivity index (χ1n) is 6.81. The highest BCUT2D eigenvalue weighted by molar-refractivity contribution is 5.35. The van der Waals surface area contributed by atoms with Gasteiger partial charge in [-0.1, -0.05) is 0 Å². The monoisotopic (exact) mass is 267 g/mol. The molecular formula is C14H25N3O2. The fourth-order valence-corrected chi connectivity index (χ4v) is 2.71. The standard InChI is InChI=1S/C14H25N3O2/c1-13(2)10-11(14(3,4)19-13)15-12-6-7-17(16-12)8-9-18-5/h6-7,11H,8-10H2,1-5H3,(H,15,16)/t11-/m0/s1. The lowest BCUT2D eigenvalue weighted by Crippen LogP contribution is -2.38. The molecule has 0 radical (unpaired) electrons. The third kappa shape index (κ3) is 3.48. The topological polar surface area (TPSA) is 48.3 Å². The van der Waals surface area contributed by atoms with Crippen LogP contribution in [0.4, 0.5) is 5.82 Å². The predicted octanol–water partition coefficient (Wildman–Crippen LogP) is 2.29. The highest BCUT2D eigenvalue weighted by Crippen LogP contribution is 2.38. The van der Waals surface area contributed by atoms with Crippen LogP contribution in [0, 0.1) is 0 Å². The summed E-state index contributed by atoms with van der Waals surface area (Å²) in [5.74, 6) is 0.899. The summed E-state index contributed by atoms with van der Waals surface area (Å²) < 4.78 is 13.0. The molecule has 1 aliphatic heterocycles. The fourth-order valence-electron chi connectivity index (χ4n) is 2.71. The van der Waals surface area contributed by atoms with E-state index in [1.807, 2.05) is 16.9 Å². The first kappa shape index (κ1) is 14.3. The summed E-state index contributed by atoms with van der Waals surface area (Å²) in [5, 5.41) is 7.98. The van der Waals surface area contributed by atoms with Gasteiger partial charge in [-0.25, -0.2) is 0 Å². The summed E-state index contributed by atoms with van der Waals surface area (Å²) in [6, 6.07) is 2.27. The molecule has 1 aromatic heterocycles. The molecule has 0 aliphatic carbocycles. The minimum Gasteiger partial charge on any atom is -0.383 e. The number of aromatic nitrogens is 2. The van der Waals surface area contributed by atoms with Gasteiger partial charge in [0.25, 0.3) is 0 Å². The van der Waals surface area contributed by atoms with E-state index in [2.05, 4.69) is 38.1 Å². The van der Waals surface area contributed by atoms with Crippen molar-refractivity contribution in [3.05, 3.63) is 12.3 Å². The van der Waals surface area contributed by atoms with E-state index < -0.39 is 0 Å². The molecule has 0 unspecified atom stereocenters. The highest BCUT2D eigenvalue weighted by Gasteiger charge is 2.46. The minimum absolute atomic E-state index is 0.0835. The Balaban J connectivity index is 1.99. The van der Waals surface area contributed by atoms with E-state index in [-0.39, 0.29) is 17.2 Å². The van der Waals surface area contributed by atoms with Crippen LogP contribution in [0.2, 0.25) is 0 Å². The zero-order valence-corrected chi connectivity index (χ0v) is 12.6. The first-order valence-corrected chi connectivity index (χ1v) is 6.81. The van der Waals surface area contributed by atoms with Gasteiger partial charge < -0.3 is 14.8 Å². The van der Waals surface area contributed by atoms with E-state index in [0.29, 0.717) is 6.61 Å². The van der Waals surface area contributed by atoms with Crippen LogP contribution in [0.5, 0.6) is 0 Å². The summed E-state index contributed by atoms with van der Waals surface area (Å²) in [4.78, 5) is 0. The van der Waals surface area contributed by atoms with Gasteiger partial charge >= 0.3 is 0 Å². The van der Waals surface area contributed by atoms with E-state index in [4.69, 9.17) is 9.47 Å². The number of anilines is 1. The average molecular weight is 267 g/mol. The Kier molecular flexibility index (Phi) is 3.87. The SMILES string of the molecule is COCCn1ccc(N[C@H]2CC(C)(C)OC2(C)C)n1. The maximum Gasteiger partial charge on any atom is 0.148 e. The molecule has 5 heteroatoms. The van der Waals surface area contributed by atoms with Gasteiger partial charge in [-0.2, -0.15) is 5.10 Å². The van der Waals surface area contributed by atoms with Crippen molar-refractivity contribution in [1.29, 1.82) is 0 Å². The molecule has 108 valence electrons. The van der Waals surface area contributed by atoms with Gasteiger partial charge in [0.1, 0.15) is 5.82 Å². The van der Waals surface area contributed by atoms with Gasteiger partial charge in [-0.15, -0.1) is 0 Å². The third-order valence-electron chi connectivity index (χ3n) is 3.56. The van der Waals surface area contributed by atoms with Crippen LogP contribution in [0.25, 0.3) is 0 Å². The van der Waals surface area contributed by atoms with Crippen LogP contribution in [-0.4, -0.2) is 40.7 Å². The molecule has 2 rings (SSSR count). The van der Waals surface area contributed by atoms with E-state index in [1.54, 1.807) is 7.11 Å². The van der Waals surface area contributed by atoms with Crippen molar-refractivity contribution < 1.29 is 9.47 Å². The van der Waals surface area contributed by atoms with Crippen LogP contribution in [0.15, 0.2) is 12.3 Å². The Hall–Kier alpha value is -1.07.